The van der Waals surface area contributed by atoms with Crippen LogP contribution in [0.1, 0.15) is 18.7 Å². The Morgan fingerprint density at radius 1 is 1.39 bits per heavy atom. The SMILES string of the molecule is CC(Nc1c(Cl)cc(F)cc1Br)c1ccccn1. The van der Waals surface area contributed by atoms with Crippen molar-refractivity contribution in [1.29, 1.82) is 0 Å². The van der Waals surface area contributed by atoms with Crippen LogP contribution in [0.3, 0.4) is 0 Å². The van der Waals surface area contributed by atoms with E-state index in [1.54, 1.807) is 6.20 Å². The average molecular weight is 330 g/mol. The molecule has 0 bridgehead atoms. The molecule has 1 unspecified atom stereocenters. The first-order valence-electron chi connectivity index (χ1n) is 5.40. The van der Waals surface area contributed by atoms with Crippen LogP contribution < -0.4 is 5.32 Å². The zero-order chi connectivity index (χ0) is 13.1. The maximum atomic E-state index is 13.1. The summed E-state index contributed by atoms with van der Waals surface area (Å²) in [5.74, 6) is -0.372. The summed E-state index contributed by atoms with van der Waals surface area (Å²) in [6.07, 6.45) is 1.73. The second-order valence-electron chi connectivity index (χ2n) is 3.87. The molecule has 1 atom stereocenters. The molecule has 0 aliphatic carbocycles. The monoisotopic (exact) mass is 328 g/mol. The Morgan fingerprint density at radius 3 is 2.78 bits per heavy atom. The van der Waals surface area contributed by atoms with Gasteiger partial charge in [-0.25, -0.2) is 4.39 Å². The number of nitrogens with zero attached hydrogens (tertiary/aromatic N) is 1. The van der Waals surface area contributed by atoms with Gasteiger partial charge in [-0.1, -0.05) is 17.7 Å². The van der Waals surface area contributed by atoms with Crippen molar-refractivity contribution in [3.8, 4) is 0 Å². The van der Waals surface area contributed by atoms with Crippen molar-refractivity contribution in [2.75, 3.05) is 5.32 Å². The predicted octanol–water partition coefficient (Wildman–Crippen LogP) is 4.81. The largest absolute Gasteiger partial charge is 0.375 e. The van der Waals surface area contributed by atoms with Crippen molar-refractivity contribution in [2.24, 2.45) is 0 Å². The van der Waals surface area contributed by atoms with Gasteiger partial charge < -0.3 is 5.32 Å². The molecule has 0 saturated carbocycles. The molecule has 0 aliphatic rings. The summed E-state index contributed by atoms with van der Waals surface area (Å²) in [6.45, 7) is 1.97. The lowest BCUT2D eigenvalue weighted by Crippen LogP contribution is -2.09. The standard InChI is InChI=1S/C13H11BrClFN2/c1-8(12-4-2-3-5-17-12)18-13-10(14)6-9(16)7-11(13)15/h2-8,18H,1H3. The van der Waals surface area contributed by atoms with Crippen molar-refractivity contribution in [1.82, 2.24) is 4.98 Å². The van der Waals surface area contributed by atoms with Gasteiger partial charge in [-0.15, -0.1) is 0 Å². The molecule has 18 heavy (non-hydrogen) atoms. The fraction of sp³-hybridized carbons (Fsp3) is 0.154. The quantitative estimate of drug-likeness (QED) is 0.874. The number of pyridine rings is 1. The van der Waals surface area contributed by atoms with E-state index < -0.39 is 0 Å². The van der Waals surface area contributed by atoms with Crippen LogP contribution in [0, 0.1) is 5.82 Å². The van der Waals surface area contributed by atoms with Crippen LogP contribution in [-0.2, 0) is 0 Å². The Morgan fingerprint density at radius 2 is 2.17 bits per heavy atom. The van der Waals surface area contributed by atoms with Gasteiger partial charge in [0.05, 0.1) is 22.4 Å². The molecule has 2 rings (SSSR count). The maximum absolute atomic E-state index is 13.1. The number of hydrogen-bond donors (Lipinski definition) is 1. The average Bonchev–Trinajstić information content (AvgIpc) is 2.34. The van der Waals surface area contributed by atoms with Gasteiger partial charge in [-0.2, -0.15) is 0 Å². The zero-order valence-electron chi connectivity index (χ0n) is 9.62. The van der Waals surface area contributed by atoms with Gasteiger partial charge in [-0.3, -0.25) is 4.98 Å². The van der Waals surface area contributed by atoms with E-state index in [0.717, 1.165) is 5.69 Å². The van der Waals surface area contributed by atoms with Crippen molar-refractivity contribution in [3.63, 3.8) is 0 Å². The third-order valence-corrected chi connectivity index (χ3v) is 3.42. The normalized spacial score (nSPS) is 12.2. The summed E-state index contributed by atoms with van der Waals surface area (Å²) in [7, 11) is 0. The topological polar surface area (TPSA) is 24.9 Å². The molecule has 1 N–H and O–H groups in total. The Labute approximate surface area is 118 Å². The minimum Gasteiger partial charge on any atom is -0.375 e. The first kappa shape index (κ1) is 13.3. The highest BCUT2D eigenvalue weighted by Crippen LogP contribution is 2.33. The Kier molecular flexibility index (Phi) is 4.19. The molecule has 0 fully saturated rings. The van der Waals surface area contributed by atoms with E-state index in [2.05, 4.69) is 26.2 Å². The van der Waals surface area contributed by atoms with Gasteiger partial charge in [-0.05, 0) is 47.1 Å². The Balaban J connectivity index is 2.25. The molecule has 2 nitrogen and oxygen atoms in total. The van der Waals surface area contributed by atoms with Crippen molar-refractivity contribution in [3.05, 3.63) is 57.5 Å². The van der Waals surface area contributed by atoms with Gasteiger partial charge in [0.15, 0.2) is 0 Å². The maximum Gasteiger partial charge on any atom is 0.125 e. The number of rotatable bonds is 3. The van der Waals surface area contributed by atoms with E-state index in [1.807, 2.05) is 25.1 Å². The smallest absolute Gasteiger partial charge is 0.125 e. The molecule has 0 aliphatic heterocycles. The van der Waals surface area contributed by atoms with Crippen molar-refractivity contribution < 1.29 is 4.39 Å². The van der Waals surface area contributed by atoms with Gasteiger partial charge >= 0.3 is 0 Å². The molecule has 0 saturated heterocycles. The van der Waals surface area contributed by atoms with Crippen LogP contribution in [0.4, 0.5) is 10.1 Å². The fourth-order valence-corrected chi connectivity index (χ4v) is 2.52. The van der Waals surface area contributed by atoms with E-state index in [0.29, 0.717) is 15.2 Å². The Bertz CT molecular complexity index is 525. The molecular formula is C13H11BrClFN2. The second kappa shape index (κ2) is 5.67. The van der Waals surface area contributed by atoms with E-state index in [9.17, 15) is 4.39 Å². The molecule has 0 radical (unpaired) electrons. The Hall–Kier alpha value is -1.13. The number of anilines is 1. The zero-order valence-corrected chi connectivity index (χ0v) is 12.0. The molecule has 0 amide bonds. The lowest BCUT2D eigenvalue weighted by Gasteiger charge is -2.17. The van der Waals surface area contributed by atoms with Crippen LogP contribution in [0.5, 0.6) is 0 Å². The number of hydrogen-bond acceptors (Lipinski definition) is 2. The van der Waals surface area contributed by atoms with Gasteiger partial charge in [0.1, 0.15) is 5.82 Å². The van der Waals surface area contributed by atoms with Gasteiger partial charge in [0.25, 0.3) is 0 Å². The predicted molar refractivity (Wildman–Crippen MR) is 75.4 cm³/mol. The molecule has 1 aromatic heterocycles. The third kappa shape index (κ3) is 3.00. The highest BCUT2D eigenvalue weighted by atomic mass is 79.9. The highest BCUT2D eigenvalue weighted by Gasteiger charge is 2.12. The molecule has 1 aromatic carbocycles. The molecule has 1 heterocycles. The summed E-state index contributed by atoms with van der Waals surface area (Å²) in [6, 6.07) is 8.33. The summed E-state index contributed by atoms with van der Waals surface area (Å²) < 4.78 is 13.7. The molecule has 94 valence electrons. The summed E-state index contributed by atoms with van der Waals surface area (Å²) >= 11 is 9.31. The number of benzene rings is 1. The molecule has 5 heteroatoms. The van der Waals surface area contributed by atoms with Crippen LogP contribution in [-0.4, -0.2) is 4.98 Å². The van der Waals surface area contributed by atoms with Crippen LogP contribution in [0.25, 0.3) is 0 Å². The lowest BCUT2D eigenvalue weighted by molar-refractivity contribution is 0.627. The number of aromatic nitrogens is 1. The van der Waals surface area contributed by atoms with Crippen LogP contribution in [0.15, 0.2) is 41.0 Å². The summed E-state index contributed by atoms with van der Waals surface area (Å²) in [5, 5.41) is 3.55. The van der Waals surface area contributed by atoms with E-state index >= 15 is 0 Å². The first-order chi connectivity index (χ1) is 8.58. The number of nitrogens with one attached hydrogen (secondary N) is 1. The van der Waals surface area contributed by atoms with Crippen LogP contribution >= 0.6 is 27.5 Å². The van der Waals surface area contributed by atoms with E-state index in [1.165, 1.54) is 12.1 Å². The lowest BCUT2D eigenvalue weighted by atomic mass is 10.2. The van der Waals surface area contributed by atoms with E-state index in [4.69, 9.17) is 11.6 Å². The molecule has 2 aromatic rings. The minimum atomic E-state index is -0.372. The molecule has 0 spiro atoms. The summed E-state index contributed by atoms with van der Waals surface area (Å²) in [4.78, 5) is 4.26. The van der Waals surface area contributed by atoms with Gasteiger partial charge in [0.2, 0.25) is 0 Å². The van der Waals surface area contributed by atoms with E-state index in [-0.39, 0.29) is 11.9 Å². The minimum absolute atomic E-state index is 0.0227. The van der Waals surface area contributed by atoms with Crippen LogP contribution in [0.2, 0.25) is 5.02 Å². The van der Waals surface area contributed by atoms with Crippen molar-refractivity contribution in [2.45, 2.75) is 13.0 Å². The van der Waals surface area contributed by atoms with Gasteiger partial charge in [0, 0.05) is 10.7 Å². The second-order valence-corrected chi connectivity index (χ2v) is 5.13. The van der Waals surface area contributed by atoms with Crippen molar-refractivity contribution >= 4 is 33.2 Å². The number of halogens is 3. The molecular weight excluding hydrogens is 319 g/mol. The third-order valence-electron chi connectivity index (χ3n) is 2.50. The first-order valence-corrected chi connectivity index (χ1v) is 6.57. The summed E-state index contributed by atoms with van der Waals surface area (Å²) in [5.41, 5.74) is 1.56. The highest BCUT2D eigenvalue weighted by molar-refractivity contribution is 9.10. The fourth-order valence-electron chi connectivity index (χ4n) is 1.60.